The fourth-order valence-corrected chi connectivity index (χ4v) is 10.9. The lowest BCUT2D eigenvalue weighted by atomic mass is 9.97. The molecule has 0 radical (unpaired) electrons. The van der Waals surface area contributed by atoms with Gasteiger partial charge in [-0.15, -0.1) is 0 Å². The molecule has 0 saturated carbocycles. The molecule has 9 heteroatoms. The molecule has 75 heavy (non-hydrogen) atoms. The average Bonchev–Trinajstić information content (AvgIpc) is 3.38. The fourth-order valence-electron chi connectivity index (χ4n) is 10.9. The van der Waals surface area contributed by atoms with Crippen LogP contribution in [0, 0.1) is 0 Å². The van der Waals surface area contributed by atoms with Crippen molar-refractivity contribution in [2.75, 3.05) is 27.2 Å². The second-order valence-corrected chi connectivity index (χ2v) is 23.6. The lowest BCUT2D eigenvalue weighted by Crippen LogP contribution is -2.41. The summed E-state index contributed by atoms with van der Waals surface area (Å²) < 4.78 is 42.6. The normalized spacial score (nSPS) is 12.4. The van der Waals surface area contributed by atoms with E-state index in [1.807, 2.05) is 14.1 Å². The van der Waals surface area contributed by atoms with Crippen molar-refractivity contribution in [1.82, 2.24) is 9.80 Å². The molecule has 0 bridgehead atoms. The molecule has 0 N–H and O–H groups in total. The summed E-state index contributed by atoms with van der Waals surface area (Å²) in [5.74, 6) is -4.64. The molecule has 7 nitrogen and oxygen atoms in total. The highest BCUT2D eigenvalue weighted by Gasteiger charge is 2.41. The van der Waals surface area contributed by atoms with Crippen molar-refractivity contribution in [3.05, 3.63) is 0 Å². The summed E-state index contributed by atoms with van der Waals surface area (Å²) in [4.78, 5) is 44.6. The topological polar surface area (TPSA) is 76.1 Å². The van der Waals surface area contributed by atoms with Crippen LogP contribution in [0.5, 0.6) is 0 Å². The SMILES string of the molecule is CCCCCCCCCCC(CCCCCCC(=O)OC(CCCCCCCC)CCCCCCCC)N(CCCCCCC(F)(F)C(=O)OC(CCCCCCCC)CCCCCCCC)C(=O)CCCN(C)C. The Kier molecular flexibility index (Phi) is 52.9. The first-order valence-corrected chi connectivity index (χ1v) is 33.2. The first kappa shape index (κ1) is 73.2. The summed E-state index contributed by atoms with van der Waals surface area (Å²) in [5, 5.41) is 0. The van der Waals surface area contributed by atoms with E-state index >= 15 is 8.78 Å². The van der Waals surface area contributed by atoms with Crippen molar-refractivity contribution >= 4 is 17.8 Å². The molecule has 1 unspecified atom stereocenters. The van der Waals surface area contributed by atoms with E-state index < -0.39 is 24.4 Å². The number of halogens is 2. The molecule has 0 rings (SSSR count). The predicted molar refractivity (Wildman–Crippen MR) is 318 cm³/mol. The molecule has 1 atom stereocenters. The maximum atomic E-state index is 15.4. The first-order chi connectivity index (χ1) is 36.4. The van der Waals surface area contributed by atoms with E-state index in [9.17, 15) is 14.4 Å². The molecular weight excluding hydrogens is 939 g/mol. The van der Waals surface area contributed by atoms with Crippen LogP contribution < -0.4 is 0 Å². The number of unbranched alkanes of at least 4 members (excludes halogenated alkanes) is 33. The van der Waals surface area contributed by atoms with Crippen molar-refractivity contribution in [2.24, 2.45) is 0 Å². The van der Waals surface area contributed by atoms with E-state index in [0.717, 1.165) is 135 Å². The molecule has 0 spiro atoms. The van der Waals surface area contributed by atoms with Gasteiger partial charge in [-0.3, -0.25) is 9.59 Å². The van der Waals surface area contributed by atoms with Crippen LogP contribution in [0.25, 0.3) is 0 Å². The van der Waals surface area contributed by atoms with Crippen LogP contribution >= 0.6 is 0 Å². The molecule has 0 heterocycles. The van der Waals surface area contributed by atoms with E-state index in [1.54, 1.807) is 0 Å². The van der Waals surface area contributed by atoms with Gasteiger partial charge >= 0.3 is 17.9 Å². The van der Waals surface area contributed by atoms with Crippen molar-refractivity contribution < 1.29 is 32.6 Å². The number of nitrogens with zero attached hydrogens (tertiary/aromatic N) is 2. The largest absolute Gasteiger partial charge is 0.462 e. The Balaban J connectivity index is 5.54. The zero-order valence-electron chi connectivity index (χ0n) is 51.2. The van der Waals surface area contributed by atoms with Crippen LogP contribution in [0.2, 0.25) is 0 Å². The summed E-state index contributed by atoms with van der Waals surface area (Å²) in [5.41, 5.74) is 0. The Labute approximate surface area is 465 Å². The van der Waals surface area contributed by atoms with Crippen LogP contribution in [-0.4, -0.2) is 79.0 Å². The van der Waals surface area contributed by atoms with Gasteiger partial charge in [0.15, 0.2) is 0 Å². The van der Waals surface area contributed by atoms with Crippen LogP contribution in [0.1, 0.15) is 356 Å². The van der Waals surface area contributed by atoms with Crippen molar-refractivity contribution in [3.8, 4) is 0 Å². The monoisotopic (exact) mass is 1070 g/mol. The number of amides is 1. The number of hydrogen-bond acceptors (Lipinski definition) is 6. The zero-order valence-corrected chi connectivity index (χ0v) is 51.2. The summed E-state index contributed by atoms with van der Waals surface area (Å²) in [6.07, 6.45) is 50.8. The molecule has 0 aliphatic heterocycles. The summed E-state index contributed by atoms with van der Waals surface area (Å²) >= 11 is 0. The zero-order chi connectivity index (χ0) is 55.3. The quantitative estimate of drug-likeness (QED) is 0.0446. The number of carbonyl (C=O) groups excluding carboxylic acids is 3. The smallest absolute Gasteiger partial charge is 0.377 e. The number of esters is 2. The molecule has 446 valence electrons. The average molecular weight is 1070 g/mol. The lowest BCUT2D eigenvalue weighted by molar-refractivity contribution is -0.179. The molecule has 0 aliphatic carbocycles. The second-order valence-electron chi connectivity index (χ2n) is 23.6. The molecule has 0 aromatic heterocycles. The molecule has 0 aromatic rings. The summed E-state index contributed by atoms with van der Waals surface area (Å²) in [7, 11) is 4.10. The van der Waals surface area contributed by atoms with Crippen LogP contribution in [-0.2, 0) is 23.9 Å². The van der Waals surface area contributed by atoms with Gasteiger partial charge in [0.25, 0.3) is 0 Å². The Morgan fingerprint density at radius 3 is 1.11 bits per heavy atom. The lowest BCUT2D eigenvalue weighted by Gasteiger charge is -2.33. The molecule has 0 aromatic carbocycles. The van der Waals surface area contributed by atoms with Gasteiger partial charge in [-0.2, -0.15) is 8.78 Å². The molecule has 0 saturated heterocycles. The van der Waals surface area contributed by atoms with Gasteiger partial charge in [-0.25, -0.2) is 4.79 Å². The van der Waals surface area contributed by atoms with Gasteiger partial charge < -0.3 is 19.3 Å². The number of rotatable bonds is 59. The fraction of sp³-hybridized carbons (Fsp3) is 0.955. The van der Waals surface area contributed by atoms with Gasteiger partial charge in [0.1, 0.15) is 12.2 Å². The van der Waals surface area contributed by atoms with Gasteiger partial charge in [0.05, 0.1) is 0 Å². The molecule has 0 aliphatic rings. The van der Waals surface area contributed by atoms with E-state index in [2.05, 4.69) is 44.4 Å². The Hall–Kier alpha value is -1.77. The summed E-state index contributed by atoms with van der Waals surface area (Å²) in [6, 6.07) is 0.159. The molecule has 1 amide bonds. The van der Waals surface area contributed by atoms with Crippen molar-refractivity contribution in [3.63, 3.8) is 0 Å². The molecular formula is C66H128F2N2O5. The van der Waals surface area contributed by atoms with Gasteiger partial charge in [0.2, 0.25) is 5.91 Å². The van der Waals surface area contributed by atoms with E-state index in [-0.39, 0.29) is 30.4 Å². The number of ether oxygens (including phenoxy) is 2. The standard InChI is InChI=1S/C66H128F2N2O5/c1-8-13-18-23-28-29-30-39-49-60(50-40-35-36-45-56-64(72)74-61(51-41-31-24-19-14-9-2)52-42-32-25-20-15-10-3)70(63(71)55-48-58-69(6)7)59-47-38-37-46-57-66(67,68)65(73)75-62(53-43-33-26-21-16-11-4)54-44-34-27-22-17-12-5/h60-62H,8-59H2,1-7H3. The van der Waals surface area contributed by atoms with Crippen LogP contribution in [0.3, 0.4) is 0 Å². The van der Waals surface area contributed by atoms with Gasteiger partial charge in [-0.05, 0) is 111 Å². The minimum atomic E-state index is -3.49. The number of carbonyl (C=O) groups is 3. The minimum Gasteiger partial charge on any atom is -0.462 e. The molecule has 0 fully saturated rings. The third kappa shape index (κ3) is 46.8. The third-order valence-corrected chi connectivity index (χ3v) is 15.8. The van der Waals surface area contributed by atoms with Gasteiger partial charge in [0, 0.05) is 31.8 Å². The second kappa shape index (κ2) is 54.2. The Bertz CT molecular complexity index is 1220. The van der Waals surface area contributed by atoms with E-state index in [0.29, 0.717) is 38.6 Å². The third-order valence-electron chi connectivity index (χ3n) is 15.8. The minimum absolute atomic E-state index is 0.0334. The highest BCUT2D eigenvalue weighted by atomic mass is 19.3. The van der Waals surface area contributed by atoms with Gasteiger partial charge in [-0.1, -0.05) is 247 Å². The van der Waals surface area contributed by atoms with E-state index in [1.165, 1.54) is 148 Å². The maximum absolute atomic E-state index is 15.4. The maximum Gasteiger partial charge on any atom is 0.377 e. The highest BCUT2D eigenvalue weighted by Crippen LogP contribution is 2.28. The number of hydrogen-bond donors (Lipinski definition) is 0. The Morgan fingerprint density at radius 2 is 0.707 bits per heavy atom. The first-order valence-electron chi connectivity index (χ1n) is 33.2. The summed E-state index contributed by atoms with van der Waals surface area (Å²) in [6.45, 7) is 12.7. The van der Waals surface area contributed by atoms with E-state index in [4.69, 9.17) is 9.47 Å². The van der Waals surface area contributed by atoms with Crippen LogP contribution in [0.15, 0.2) is 0 Å². The van der Waals surface area contributed by atoms with Crippen molar-refractivity contribution in [2.45, 2.75) is 380 Å². The number of alkyl halides is 2. The Morgan fingerprint density at radius 1 is 0.373 bits per heavy atom. The predicted octanol–water partition coefficient (Wildman–Crippen LogP) is 20.8. The van der Waals surface area contributed by atoms with Crippen molar-refractivity contribution in [1.29, 1.82) is 0 Å². The van der Waals surface area contributed by atoms with Crippen LogP contribution in [0.4, 0.5) is 8.78 Å². The highest BCUT2D eigenvalue weighted by molar-refractivity contribution is 5.77.